The van der Waals surface area contributed by atoms with Gasteiger partial charge in [0, 0.05) is 6.42 Å². The predicted octanol–water partition coefficient (Wildman–Crippen LogP) is 1.48. The molecule has 0 heterocycles. The third-order valence-electron chi connectivity index (χ3n) is 1.51. The van der Waals surface area contributed by atoms with Crippen molar-refractivity contribution in [3.05, 3.63) is 24.3 Å². The van der Waals surface area contributed by atoms with E-state index in [0.29, 0.717) is 13.0 Å². The monoisotopic (exact) mass is 152 g/mol. The van der Waals surface area contributed by atoms with Crippen molar-refractivity contribution in [2.75, 3.05) is 6.61 Å². The van der Waals surface area contributed by atoms with E-state index < -0.39 is 0 Å². The van der Waals surface area contributed by atoms with Gasteiger partial charge in [-0.25, -0.2) is 0 Å². The molecule has 60 valence electrons. The Kier molecular flexibility index (Phi) is 3.62. The zero-order valence-electron chi connectivity index (χ0n) is 6.40. The van der Waals surface area contributed by atoms with E-state index in [1.807, 2.05) is 18.2 Å². The molecule has 1 unspecified atom stereocenters. The largest absolute Gasteiger partial charge is 0.373 e. The smallest absolute Gasteiger partial charge is 0.122 e. The second-order valence-corrected chi connectivity index (χ2v) is 2.41. The first-order chi connectivity index (χ1) is 5.43. The van der Waals surface area contributed by atoms with Crippen LogP contribution in [0.4, 0.5) is 0 Å². The maximum absolute atomic E-state index is 9.93. The van der Waals surface area contributed by atoms with Crippen LogP contribution in [0.15, 0.2) is 24.3 Å². The Morgan fingerprint density at radius 2 is 2.45 bits per heavy atom. The van der Waals surface area contributed by atoms with Crippen molar-refractivity contribution in [3.63, 3.8) is 0 Å². The van der Waals surface area contributed by atoms with E-state index in [2.05, 4.69) is 6.08 Å². The first-order valence-electron chi connectivity index (χ1n) is 3.82. The highest BCUT2D eigenvalue weighted by molar-refractivity contribution is 5.49. The Balaban J connectivity index is 2.12. The molecule has 1 atom stereocenters. The van der Waals surface area contributed by atoms with E-state index in [1.165, 1.54) is 0 Å². The highest BCUT2D eigenvalue weighted by Gasteiger charge is 2.03. The zero-order valence-corrected chi connectivity index (χ0v) is 6.40. The lowest BCUT2D eigenvalue weighted by Crippen LogP contribution is -2.11. The summed E-state index contributed by atoms with van der Waals surface area (Å²) in [7, 11) is 0. The van der Waals surface area contributed by atoms with Crippen molar-refractivity contribution in [3.8, 4) is 0 Å². The topological polar surface area (TPSA) is 26.3 Å². The second-order valence-electron chi connectivity index (χ2n) is 2.41. The summed E-state index contributed by atoms with van der Waals surface area (Å²) in [6.45, 7) is 0.534. The molecule has 0 saturated carbocycles. The van der Waals surface area contributed by atoms with Crippen LogP contribution < -0.4 is 0 Å². The van der Waals surface area contributed by atoms with Crippen molar-refractivity contribution in [1.82, 2.24) is 0 Å². The summed E-state index contributed by atoms with van der Waals surface area (Å²) < 4.78 is 5.35. The van der Waals surface area contributed by atoms with Crippen molar-refractivity contribution in [1.29, 1.82) is 0 Å². The molecule has 11 heavy (non-hydrogen) atoms. The third kappa shape index (κ3) is 3.14. The SMILES string of the molecule is O=CCCOC1C=CC=CC1. The highest BCUT2D eigenvalue weighted by Crippen LogP contribution is 2.06. The van der Waals surface area contributed by atoms with E-state index in [9.17, 15) is 4.79 Å². The van der Waals surface area contributed by atoms with Gasteiger partial charge in [0.25, 0.3) is 0 Å². The van der Waals surface area contributed by atoms with Gasteiger partial charge in [0.15, 0.2) is 0 Å². The Morgan fingerprint density at radius 1 is 1.55 bits per heavy atom. The van der Waals surface area contributed by atoms with Crippen LogP contribution in [0.1, 0.15) is 12.8 Å². The van der Waals surface area contributed by atoms with Crippen LogP contribution in [0, 0.1) is 0 Å². The quantitative estimate of drug-likeness (QED) is 0.450. The fourth-order valence-corrected chi connectivity index (χ4v) is 0.949. The van der Waals surface area contributed by atoms with Gasteiger partial charge >= 0.3 is 0 Å². The number of ether oxygens (including phenoxy) is 1. The molecule has 0 N–H and O–H groups in total. The molecule has 0 bridgehead atoms. The number of allylic oxidation sites excluding steroid dienone is 2. The number of hydrogen-bond donors (Lipinski definition) is 0. The molecule has 0 aromatic carbocycles. The summed E-state index contributed by atoms with van der Waals surface area (Å²) in [5.41, 5.74) is 0. The van der Waals surface area contributed by atoms with Gasteiger partial charge in [-0.2, -0.15) is 0 Å². The summed E-state index contributed by atoms with van der Waals surface area (Å²) in [5, 5.41) is 0. The molecule has 1 aliphatic carbocycles. The molecule has 0 radical (unpaired) electrons. The summed E-state index contributed by atoms with van der Waals surface area (Å²) >= 11 is 0. The van der Waals surface area contributed by atoms with Gasteiger partial charge in [-0.1, -0.05) is 24.3 Å². The predicted molar refractivity (Wildman–Crippen MR) is 43.3 cm³/mol. The Labute approximate surface area is 66.5 Å². The van der Waals surface area contributed by atoms with Gasteiger partial charge < -0.3 is 9.53 Å². The summed E-state index contributed by atoms with van der Waals surface area (Å²) in [4.78, 5) is 9.93. The molecule has 1 aliphatic rings. The number of aldehydes is 1. The van der Waals surface area contributed by atoms with Crippen LogP contribution in [0.5, 0.6) is 0 Å². The lowest BCUT2D eigenvalue weighted by molar-refractivity contribution is -0.109. The van der Waals surface area contributed by atoms with Gasteiger partial charge in [-0.05, 0) is 6.42 Å². The average molecular weight is 152 g/mol. The number of hydrogen-bond acceptors (Lipinski definition) is 2. The van der Waals surface area contributed by atoms with E-state index in [1.54, 1.807) is 0 Å². The molecule has 2 nitrogen and oxygen atoms in total. The van der Waals surface area contributed by atoms with Crippen molar-refractivity contribution < 1.29 is 9.53 Å². The van der Waals surface area contributed by atoms with Crippen LogP contribution >= 0.6 is 0 Å². The number of rotatable bonds is 4. The molecule has 0 aliphatic heterocycles. The Hall–Kier alpha value is -0.890. The third-order valence-corrected chi connectivity index (χ3v) is 1.51. The van der Waals surface area contributed by atoms with Gasteiger partial charge in [0.2, 0.25) is 0 Å². The molecule has 0 spiro atoms. The van der Waals surface area contributed by atoms with Crippen LogP contribution in [0.2, 0.25) is 0 Å². The molecule has 0 aromatic heterocycles. The molecule has 0 aromatic rings. The minimum Gasteiger partial charge on any atom is -0.373 e. The van der Waals surface area contributed by atoms with Crippen molar-refractivity contribution >= 4 is 6.29 Å². The van der Waals surface area contributed by atoms with E-state index >= 15 is 0 Å². The molecule has 1 rings (SSSR count). The van der Waals surface area contributed by atoms with Gasteiger partial charge in [-0.15, -0.1) is 0 Å². The zero-order chi connectivity index (χ0) is 7.94. The Morgan fingerprint density at radius 3 is 3.09 bits per heavy atom. The van der Waals surface area contributed by atoms with Crippen LogP contribution in [0.3, 0.4) is 0 Å². The Bertz CT molecular complexity index is 170. The average Bonchev–Trinajstić information content (AvgIpc) is 2.07. The van der Waals surface area contributed by atoms with Crippen molar-refractivity contribution in [2.24, 2.45) is 0 Å². The standard InChI is InChI=1S/C9H12O2/c10-7-4-8-11-9-5-2-1-3-6-9/h1-3,5,7,9H,4,6,8H2. The summed E-state index contributed by atoms with van der Waals surface area (Å²) in [6, 6.07) is 0. The molecule has 0 fully saturated rings. The minimum atomic E-state index is 0.181. The second kappa shape index (κ2) is 4.85. The van der Waals surface area contributed by atoms with E-state index in [4.69, 9.17) is 4.74 Å². The van der Waals surface area contributed by atoms with Gasteiger partial charge in [0.05, 0.1) is 12.7 Å². The molecule has 2 heteroatoms. The molecular weight excluding hydrogens is 140 g/mol. The number of carbonyl (C=O) groups is 1. The minimum absolute atomic E-state index is 0.181. The maximum atomic E-state index is 9.93. The first-order valence-corrected chi connectivity index (χ1v) is 3.82. The highest BCUT2D eigenvalue weighted by atomic mass is 16.5. The normalized spacial score (nSPS) is 22.0. The van der Waals surface area contributed by atoms with Crippen LogP contribution in [-0.2, 0) is 9.53 Å². The fraction of sp³-hybridized carbons (Fsp3) is 0.444. The lowest BCUT2D eigenvalue weighted by Gasteiger charge is -2.12. The molecular formula is C9H12O2. The molecule has 0 saturated heterocycles. The van der Waals surface area contributed by atoms with Crippen molar-refractivity contribution in [2.45, 2.75) is 18.9 Å². The van der Waals surface area contributed by atoms with Gasteiger partial charge in [-0.3, -0.25) is 0 Å². The van der Waals surface area contributed by atoms with E-state index in [-0.39, 0.29) is 6.10 Å². The van der Waals surface area contributed by atoms with Crippen LogP contribution in [-0.4, -0.2) is 19.0 Å². The maximum Gasteiger partial charge on any atom is 0.122 e. The van der Waals surface area contributed by atoms with E-state index in [0.717, 1.165) is 12.7 Å². The summed E-state index contributed by atoms with van der Waals surface area (Å²) in [6.07, 6.45) is 10.5. The summed E-state index contributed by atoms with van der Waals surface area (Å²) in [5.74, 6) is 0. The lowest BCUT2D eigenvalue weighted by atomic mass is 10.1. The number of carbonyl (C=O) groups excluding carboxylic acids is 1. The fourth-order valence-electron chi connectivity index (χ4n) is 0.949. The van der Waals surface area contributed by atoms with Crippen LogP contribution in [0.25, 0.3) is 0 Å². The molecule has 0 amide bonds. The van der Waals surface area contributed by atoms with Gasteiger partial charge in [0.1, 0.15) is 6.29 Å². The first kappa shape index (κ1) is 8.21.